The fraction of sp³-hybridized carbons (Fsp3) is 0.600. The van der Waals surface area contributed by atoms with Crippen molar-refractivity contribution in [2.75, 3.05) is 13.6 Å². The van der Waals surface area contributed by atoms with Crippen molar-refractivity contribution >= 4 is 27.3 Å². The lowest BCUT2D eigenvalue weighted by molar-refractivity contribution is 0.0763. The highest BCUT2D eigenvalue weighted by atomic mass is 79.9. The second-order valence-corrected chi connectivity index (χ2v) is 5.66. The lowest BCUT2D eigenvalue weighted by Gasteiger charge is -2.29. The molecule has 0 radical (unpaired) electrons. The molecule has 0 fully saturated rings. The van der Waals surface area contributed by atoms with Crippen molar-refractivity contribution in [2.24, 2.45) is 5.73 Å². The maximum absolute atomic E-state index is 12.3. The Hall–Kier alpha value is -0.0400. The van der Waals surface area contributed by atoms with E-state index in [-0.39, 0.29) is 18.6 Å². The van der Waals surface area contributed by atoms with Gasteiger partial charge in [-0.3, -0.25) is 4.90 Å². The van der Waals surface area contributed by atoms with Gasteiger partial charge in [-0.25, -0.2) is 8.78 Å². The van der Waals surface area contributed by atoms with Gasteiger partial charge in [0.05, 0.1) is 12.6 Å². The standard InChI is InChI=1S/C10H15BrF2N2S/c1-6(14)10(15(2)4-9(12)13)8-3-7(11)5-16-8/h3,5-6,9-10H,4,14H2,1-2H3. The minimum Gasteiger partial charge on any atom is -0.326 e. The van der Waals surface area contributed by atoms with Crippen LogP contribution in [0.1, 0.15) is 17.8 Å². The first kappa shape index (κ1) is 14.0. The molecule has 1 aromatic heterocycles. The zero-order valence-electron chi connectivity index (χ0n) is 9.16. The van der Waals surface area contributed by atoms with E-state index in [0.29, 0.717) is 0 Å². The second kappa shape index (κ2) is 6.05. The first-order valence-corrected chi connectivity index (χ1v) is 6.57. The smallest absolute Gasteiger partial charge is 0.251 e. The number of halogens is 3. The van der Waals surface area contributed by atoms with Gasteiger partial charge in [-0.1, -0.05) is 0 Å². The minimum atomic E-state index is -2.34. The van der Waals surface area contributed by atoms with Crippen LogP contribution >= 0.6 is 27.3 Å². The lowest BCUT2D eigenvalue weighted by Crippen LogP contribution is -2.39. The highest BCUT2D eigenvalue weighted by Gasteiger charge is 2.24. The zero-order chi connectivity index (χ0) is 12.3. The van der Waals surface area contributed by atoms with Gasteiger partial charge in [-0.05, 0) is 36.0 Å². The predicted octanol–water partition coefficient (Wildman–Crippen LogP) is 3.10. The Labute approximate surface area is 107 Å². The molecule has 1 aromatic rings. The molecule has 6 heteroatoms. The van der Waals surface area contributed by atoms with Gasteiger partial charge in [0.25, 0.3) is 6.43 Å². The molecule has 0 bridgehead atoms. The number of rotatable bonds is 5. The Morgan fingerprint density at radius 3 is 2.56 bits per heavy atom. The molecule has 0 aliphatic carbocycles. The highest BCUT2D eigenvalue weighted by molar-refractivity contribution is 9.10. The fourth-order valence-corrected chi connectivity index (χ4v) is 3.42. The molecule has 0 aromatic carbocycles. The summed E-state index contributed by atoms with van der Waals surface area (Å²) in [7, 11) is 1.67. The normalized spacial score (nSPS) is 15.8. The average molecular weight is 313 g/mol. The molecule has 0 aliphatic heterocycles. The number of alkyl halides is 2. The van der Waals surface area contributed by atoms with Crippen molar-refractivity contribution in [2.45, 2.75) is 25.4 Å². The van der Waals surface area contributed by atoms with Gasteiger partial charge < -0.3 is 5.73 Å². The van der Waals surface area contributed by atoms with Crippen LogP contribution in [0.2, 0.25) is 0 Å². The van der Waals surface area contributed by atoms with E-state index < -0.39 is 6.43 Å². The van der Waals surface area contributed by atoms with E-state index in [1.165, 1.54) is 11.3 Å². The summed E-state index contributed by atoms with van der Waals surface area (Å²) < 4.78 is 25.6. The van der Waals surface area contributed by atoms with Gasteiger partial charge in [0.2, 0.25) is 0 Å². The van der Waals surface area contributed by atoms with E-state index in [4.69, 9.17) is 5.73 Å². The molecule has 0 saturated carbocycles. The van der Waals surface area contributed by atoms with Gasteiger partial charge in [0.1, 0.15) is 0 Å². The number of nitrogens with zero attached hydrogens (tertiary/aromatic N) is 1. The van der Waals surface area contributed by atoms with E-state index in [9.17, 15) is 8.78 Å². The van der Waals surface area contributed by atoms with Crippen LogP contribution in [0.15, 0.2) is 15.9 Å². The topological polar surface area (TPSA) is 29.3 Å². The van der Waals surface area contributed by atoms with Crippen LogP contribution in [0.25, 0.3) is 0 Å². The molecule has 2 N–H and O–H groups in total. The molecule has 0 aliphatic rings. The van der Waals surface area contributed by atoms with Gasteiger partial charge in [0, 0.05) is 20.8 Å². The van der Waals surface area contributed by atoms with Gasteiger partial charge in [0.15, 0.2) is 0 Å². The Bertz CT molecular complexity index is 330. The fourth-order valence-electron chi connectivity index (χ4n) is 1.69. The van der Waals surface area contributed by atoms with Crippen molar-refractivity contribution in [3.63, 3.8) is 0 Å². The number of nitrogens with two attached hydrogens (primary N) is 1. The summed E-state index contributed by atoms with van der Waals surface area (Å²) in [5.74, 6) is 0. The molecule has 0 amide bonds. The minimum absolute atomic E-state index is 0.162. The first-order valence-electron chi connectivity index (χ1n) is 4.89. The van der Waals surface area contributed by atoms with Crippen LogP contribution in [-0.2, 0) is 0 Å². The van der Waals surface area contributed by atoms with E-state index in [0.717, 1.165) is 9.35 Å². The molecule has 1 rings (SSSR count). The molecule has 1 heterocycles. The first-order chi connectivity index (χ1) is 7.41. The van der Waals surface area contributed by atoms with Gasteiger partial charge >= 0.3 is 0 Å². The Kier molecular flexibility index (Phi) is 5.30. The molecular formula is C10H15BrF2N2S. The van der Waals surface area contributed by atoms with Crippen molar-refractivity contribution in [1.82, 2.24) is 4.90 Å². The summed E-state index contributed by atoms with van der Waals surface area (Å²) in [6.45, 7) is 1.57. The third-order valence-electron chi connectivity index (χ3n) is 2.28. The molecule has 2 unspecified atom stereocenters. The molecule has 2 atom stereocenters. The van der Waals surface area contributed by atoms with Crippen LogP contribution in [0.5, 0.6) is 0 Å². The maximum Gasteiger partial charge on any atom is 0.251 e. The largest absolute Gasteiger partial charge is 0.326 e. The summed E-state index contributed by atoms with van der Waals surface area (Å²) in [4.78, 5) is 2.61. The van der Waals surface area contributed by atoms with Crippen molar-refractivity contribution in [3.8, 4) is 0 Å². The van der Waals surface area contributed by atoms with E-state index >= 15 is 0 Å². The zero-order valence-corrected chi connectivity index (χ0v) is 11.6. The highest BCUT2D eigenvalue weighted by Crippen LogP contribution is 2.30. The van der Waals surface area contributed by atoms with Crippen LogP contribution < -0.4 is 5.73 Å². The molecule has 2 nitrogen and oxygen atoms in total. The van der Waals surface area contributed by atoms with Crippen LogP contribution in [0.3, 0.4) is 0 Å². The molecule has 16 heavy (non-hydrogen) atoms. The molecule has 92 valence electrons. The second-order valence-electron chi connectivity index (χ2n) is 3.80. The number of hydrogen-bond donors (Lipinski definition) is 1. The SMILES string of the molecule is CC(N)C(c1cc(Br)cs1)N(C)CC(F)F. The van der Waals surface area contributed by atoms with Crippen molar-refractivity contribution in [3.05, 3.63) is 20.8 Å². The summed E-state index contributed by atoms with van der Waals surface area (Å²) in [6, 6.07) is 1.58. The molecular weight excluding hydrogens is 298 g/mol. The Balaban J connectivity index is 2.82. The Morgan fingerprint density at radius 1 is 1.56 bits per heavy atom. The van der Waals surface area contributed by atoms with Gasteiger partial charge in [-0.15, -0.1) is 11.3 Å². The third kappa shape index (κ3) is 3.76. The summed E-state index contributed by atoms with van der Waals surface area (Å²) >= 11 is 4.88. The predicted molar refractivity (Wildman–Crippen MR) is 67.0 cm³/mol. The summed E-state index contributed by atoms with van der Waals surface area (Å²) in [5.41, 5.74) is 5.86. The van der Waals surface area contributed by atoms with Crippen molar-refractivity contribution in [1.29, 1.82) is 0 Å². The monoisotopic (exact) mass is 312 g/mol. The van der Waals surface area contributed by atoms with E-state index in [2.05, 4.69) is 15.9 Å². The van der Waals surface area contributed by atoms with Crippen LogP contribution in [-0.4, -0.2) is 31.0 Å². The van der Waals surface area contributed by atoms with Crippen LogP contribution in [0.4, 0.5) is 8.78 Å². The summed E-state index contributed by atoms with van der Waals surface area (Å²) in [5, 5.41) is 1.93. The van der Waals surface area contributed by atoms with Gasteiger partial charge in [-0.2, -0.15) is 0 Å². The number of likely N-dealkylation sites (N-methyl/N-ethyl adjacent to an activating group) is 1. The average Bonchev–Trinajstić information content (AvgIpc) is 2.49. The summed E-state index contributed by atoms with van der Waals surface area (Å²) in [6.07, 6.45) is -2.34. The molecule has 0 saturated heterocycles. The third-order valence-corrected chi connectivity index (χ3v) is 4.04. The van der Waals surface area contributed by atoms with E-state index in [1.807, 2.05) is 18.4 Å². The number of hydrogen-bond acceptors (Lipinski definition) is 3. The molecule has 0 spiro atoms. The maximum atomic E-state index is 12.3. The van der Waals surface area contributed by atoms with E-state index in [1.54, 1.807) is 11.9 Å². The quantitative estimate of drug-likeness (QED) is 0.905. The van der Waals surface area contributed by atoms with Crippen molar-refractivity contribution < 1.29 is 8.78 Å². The number of thiophene rings is 1. The lowest BCUT2D eigenvalue weighted by atomic mass is 10.1. The van der Waals surface area contributed by atoms with Crippen LogP contribution in [0, 0.1) is 0 Å². The Morgan fingerprint density at radius 2 is 2.19 bits per heavy atom.